The molecule has 0 amide bonds. The highest BCUT2D eigenvalue weighted by Gasteiger charge is 2.61. The SMILES string of the molecule is BC(CC)(CC)c1c(C(F)(F)F)c(C(F)(F)F)c(C(F)(F)F)c(C(F)(F)F)c1C(F)(F)F. The number of hydrogen-bond donors (Lipinski definition) is 0. The average molecular weight is 500 g/mol. The lowest BCUT2D eigenvalue weighted by Gasteiger charge is -2.38. The zero-order valence-corrected chi connectivity index (χ0v) is 16.1. The van der Waals surface area contributed by atoms with Crippen LogP contribution >= 0.6 is 0 Å². The summed E-state index contributed by atoms with van der Waals surface area (Å²) in [4.78, 5) is 0. The molecule has 0 nitrogen and oxygen atoms in total. The van der Waals surface area contributed by atoms with Gasteiger partial charge in [0.25, 0.3) is 0 Å². The second kappa shape index (κ2) is 7.92. The van der Waals surface area contributed by atoms with Crippen LogP contribution in [-0.4, -0.2) is 7.85 Å². The fraction of sp³-hybridized carbons (Fsp3) is 0.625. The molecule has 0 spiro atoms. The summed E-state index contributed by atoms with van der Waals surface area (Å²) >= 11 is 0. The first kappa shape index (κ1) is 28.3. The summed E-state index contributed by atoms with van der Waals surface area (Å²) in [5.41, 5.74) is -21.2. The molecule has 0 unspecified atom stereocenters. The van der Waals surface area contributed by atoms with Crippen LogP contribution in [0, 0.1) is 0 Å². The maximum absolute atomic E-state index is 13.7. The number of rotatable bonds is 3. The molecule has 0 saturated heterocycles. The molecule has 0 radical (unpaired) electrons. The Morgan fingerprint density at radius 2 is 0.562 bits per heavy atom. The molecule has 0 aromatic heterocycles. The smallest absolute Gasteiger partial charge is 0.166 e. The van der Waals surface area contributed by atoms with Gasteiger partial charge in [-0.15, -0.1) is 0 Å². The van der Waals surface area contributed by atoms with Gasteiger partial charge in [0, 0.05) is 0 Å². The molecule has 184 valence electrons. The van der Waals surface area contributed by atoms with Crippen molar-refractivity contribution in [2.75, 3.05) is 0 Å². The van der Waals surface area contributed by atoms with E-state index in [1.165, 1.54) is 0 Å². The van der Waals surface area contributed by atoms with E-state index < -0.39 is 82.4 Å². The van der Waals surface area contributed by atoms with E-state index in [-0.39, 0.29) is 0 Å². The molecule has 0 aliphatic carbocycles. The van der Waals surface area contributed by atoms with Crippen LogP contribution in [-0.2, 0) is 36.2 Å². The van der Waals surface area contributed by atoms with Gasteiger partial charge in [0.2, 0.25) is 0 Å². The summed E-state index contributed by atoms with van der Waals surface area (Å²) in [7, 11) is 0.514. The summed E-state index contributed by atoms with van der Waals surface area (Å²) < 4.78 is 203. The normalized spacial score (nSPS) is 14.8. The van der Waals surface area contributed by atoms with Crippen LogP contribution in [0.4, 0.5) is 65.9 Å². The van der Waals surface area contributed by atoms with E-state index in [1.54, 1.807) is 0 Å². The molecule has 0 aliphatic rings. The predicted octanol–water partition coefficient (Wildman–Crippen LogP) is 7.43. The van der Waals surface area contributed by atoms with Gasteiger partial charge in [-0.3, -0.25) is 0 Å². The first-order chi connectivity index (χ1) is 13.9. The fourth-order valence-electron chi connectivity index (χ4n) is 3.37. The molecule has 0 N–H and O–H groups in total. The standard InChI is InChI=1S/C16H12BF15/c1-3-11(17,4-2)5-6(12(18,19)20)8(14(24,25)26)10(16(30,31)32)9(15(27,28)29)7(5)13(21,22)23/h3-4,17H2,1-2H3. The van der Waals surface area contributed by atoms with Crippen molar-refractivity contribution in [2.24, 2.45) is 0 Å². The van der Waals surface area contributed by atoms with Gasteiger partial charge in [-0.05, 0) is 10.9 Å². The first-order valence-corrected chi connectivity index (χ1v) is 8.46. The summed E-state index contributed by atoms with van der Waals surface area (Å²) in [5.74, 6) is 0. The van der Waals surface area contributed by atoms with Crippen molar-refractivity contribution < 1.29 is 65.9 Å². The van der Waals surface area contributed by atoms with Crippen molar-refractivity contribution >= 4 is 7.85 Å². The summed E-state index contributed by atoms with van der Waals surface area (Å²) in [6.45, 7) is 1.75. The van der Waals surface area contributed by atoms with Gasteiger partial charge in [-0.1, -0.05) is 26.7 Å². The summed E-state index contributed by atoms with van der Waals surface area (Å²) in [6.07, 6.45) is -35.1. The maximum atomic E-state index is 13.7. The van der Waals surface area contributed by atoms with Crippen LogP contribution in [0.5, 0.6) is 0 Å². The van der Waals surface area contributed by atoms with Crippen LogP contribution in [0.1, 0.15) is 60.1 Å². The van der Waals surface area contributed by atoms with E-state index in [9.17, 15) is 65.9 Å². The predicted molar refractivity (Wildman–Crippen MR) is 82.3 cm³/mol. The van der Waals surface area contributed by atoms with Crippen LogP contribution in [0.2, 0.25) is 0 Å². The maximum Gasteiger partial charge on any atom is 0.417 e. The van der Waals surface area contributed by atoms with Crippen molar-refractivity contribution in [1.29, 1.82) is 0 Å². The Labute approximate surface area is 171 Å². The lowest BCUT2D eigenvalue weighted by Crippen LogP contribution is -2.39. The van der Waals surface area contributed by atoms with Crippen molar-refractivity contribution in [3.8, 4) is 0 Å². The Balaban J connectivity index is 4.94. The van der Waals surface area contributed by atoms with Crippen molar-refractivity contribution in [1.82, 2.24) is 0 Å². The van der Waals surface area contributed by atoms with E-state index >= 15 is 0 Å². The highest BCUT2D eigenvalue weighted by molar-refractivity contribution is 6.16. The number of benzene rings is 1. The minimum atomic E-state index is -6.87. The van der Waals surface area contributed by atoms with Crippen LogP contribution in [0.15, 0.2) is 0 Å². The lowest BCUT2D eigenvalue weighted by atomic mass is 9.57. The molecule has 0 aliphatic heterocycles. The molecular weight excluding hydrogens is 488 g/mol. The van der Waals surface area contributed by atoms with Gasteiger partial charge >= 0.3 is 30.9 Å². The van der Waals surface area contributed by atoms with Gasteiger partial charge < -0.3 is 0 Å². The molecule has 0 bridgehead atoms. The van der Waals surface area contributed by atoms with Gasteiger partial charge in [0.1, 0.15) is 7.85 Å². The molecular formula is C16H12BF15. The van der Waals surface area contributed by atoms with Crippen LogP contribution in [0.25, 0.3) is 0 Å². The number of hydrogen-bond acceptors (Lipinski definition) is 0. The van der Waals surface area contributed by atoms with Crippen LogP contribution in [0.3, 0.4) is 0 Å². The Kier molecular flexibility index (Phi) is 7.00. The highest BCUT2D eigenvalue weighted by atomic mass is 19.4. The van der Waals surface area contributed by atoms with Gasteiger partial charge in [-0.25, -0.2) is 0 Å². The van der Waals surface area contributed by atoms with E-state index in [4.69, 9.17) is 0 Å². The topological polar surface area (TPSA) is 0 Å². The highest BCUT2D eigenvalue weighted by Crippen LogP contribution is 2.58. The zero-order valence-electron chi connectivity index (χ0n) is 16.1. The Morgan fingerprint density at radius 3 is 0.688 bits per heavy atom. The van der Waals surface area contributed by atoms with E-state index in [0.717, 1.165) is 13.8 Å². The van der Waals surface area contributed by atoms with Crippen molar-refractivity contribution in [2.45, 2.75) is 62.9 Å². The second-order valence-electron chi connectivity index (χ2n) is 7.01. The minimum Gasteiger partial charge on any atom is -0.166 e. The van der Waals surface area contributed by atoms with Gasteiger partial charge in [0.05, 0.1) is 27.8 Å². The number of halogens is 15. The Bertz CT molecular complexity index is 792. The second-order valence-corrected chi connectivity index (χ2v) is 7.01. The van der Waals surface area contributed by atoms with Crippen molar-refractivity contribution in [3.63, 3.8) is 0 Å². The van der Waals surface area contributed by atoms with Crippen LogP contribution < -0.4 is 0 Å². The molecule has 32 heavy (non-hydrogen) atoms. The Morgan fingerprint density at radius 1 is 0.406 bits per heavy atom. The van der Waals surface area contributed by atoms with Crippen molar-refractivity contribution in [3.05, 3.63) is 33.4 Å². The molecule has 0 atom stereocenters. The third-order valence-electron chi connectivity index (χ3n) is 5.08. The molecule has 16 heteroatoms. The monoisotopic (exact) mass is 500 g/mol. The quantitative estimate of drug-likeness (QED) is 0.299. The van der Waals surface area contributed by atoms with E-state index in [2.05, 4.69) is 0 Å². The van der Waals surface area contributed by atoms with Gasteiger partial charge in [-0.2, -0.15) is 65.9 Å². The molecule has 0 fully saturated rings. The molecule has 1 aromatic carbocycles. The molecule has 0 saturated carbocycles. The summed E-state index contributed by atoms with van der Waals surface area (Å²) in [6, 6.07) is 0. The molecule has 1 aromatic rings. The lowest BCUT2D eigenvalue weighted by molar-refractivity contribution is -0.189. The largest absolute Gasteiger partial charge is 0.417 e. The van der Waals surface area contributed by atoms with E-state index in [0.29, 0.717) is 7.85 Å². The first-order valence-electron chi connectivity index (χ1n) is 8.46. The molecule has 1 rings (SSSR count). The third kappa shape index (κ3) is 5.08. The van der Waals surface area contributed by atoms with Gasteiger partial charge in [0.15, 0.2) is 0 Å². The van der Waals surface area contributed by atoms with E-state index in [1.807, 2.05) is 0 Å². The zero-order chi connectivity index (χ0) is 25.9. The Hall–Kier alpha value is -1.77. The number of alkyl halides is 15. The summed E-state index contributed by atoms with van der Waals surface area (Å²) in [5, 5.41) is -2.65. The minimum absolute atomic E-state index is 0.514. The third-order valence-corrected chi connectivity index (χ3v) is 5.08. The average Bonchev–Trinajstić information content (AvgIpc) is 2.54. The fourth-order valence-corrected chi connectivity index (χ4v) is 3.37. The molecule has 0 heterocycles.